The lowest BCUT2D eigenvalue weighted by Gasteiger charge is -2.21. The van der Waals surface area contributed by atoms with E-state index in [2.05, 4.69) is 21.3 Å². The number of hydrogen-bond donors (Lipinski definition) is 4. The maximum Gasteiger partial charge on any atom is 0.330 e. The predicted molar refractivity (Wildman–Crippen MR) is 186 cm³/mol. The summed E-state index contributed by atoms with van der Waals surface area (Å²) in [4.78, 5) is 52.4. The first-order valence-corrected chi connectivity index (χ1v) is 16.4. The molecule has 5 rings (SSSR count). The summed E-state index contributed by atoms with van der Waals surface area (Å²) in [6.45, 7) is -0.156. The molecule has 0 unspecified atom stereocenters. The Kier molecular flexibility index (Phi) is 11.8. The number of carbonyl (C=O) groups excluding carboxylic acids is 4. The molecule has 0 bridgehead atoms. The molecule has 1 aliphatic carbocycles. The number of fused-ring (bicyclic) bond motifs is 1. The highest BCUT2D eigenvalue weighted by Gasteiger charge is 2.28. The molecule has 2 atom stereocenters. The van der Waals surface area contributed by atoms with Crippen molar-refractivity contribution < 1.29 is 23.9 Å². The number of urea groups is 1. The van der Waals surface area contributed by atoms with Crippen LogP contribution >= 0.6 is 46.4 Å². The van der Waals surface area contributed by atoms with Gasteiger partial charge >= 0.3 is 12.0 Å². The topological polar surface area (TPSA) is 126 Å². The Hall–Kier alpha value is -4.28. The Morgan fingerprint density at radius 1 is 0.771 bits per heavy atom. The molecule has 4 N–H and O–H groups in total. The van der Waals surface area contributed by atoms with E-state index in [-0.39, 0.29) is 46.9 Å². The second-order valence-electron chi connectivity index (χ2n) is 11.0. The molecule has 0 spiro atoms. The minimum absolute atomic E-state index is 0.0554. The van der Waals surface area contributed by atoms with Gasteiger partial charge in [0, 0.05) is 22.2 Å². The fourth-order valence-corrected chi connectivity index (χ4v) is 6.31. The lowest BCUT2D eigenvalue weighted by atomic mass is 10.1. The van der Waals surface area contributed by atoms with Crippen LogP contribution in [0.3, 0.4) is 0 Å². The number of esters is 1. The normalized spacial score (nSPS) is 14.0. The van der Waals surface area contributed by atoms with Gasteiger partial charge in [0.15, 0.2) is 0 Å². The molecule has 0 aliphatic heterocycles. The quantitative estimate of drug-likeness (QED) is 0.123. The average molecular weight is 728 g/mol. The molecular weight excluding hydrogens is 698 g/mol. The molecule has 1 aliphatic rings. The van der Waals surface area contributed by atoms with Crippen molar-refractivity contribution in [3.8, 4) is 0 Å². The summed E-state index contributed by atoms with van der Waals surface area (Å²) >= 11 is 25.0. The number of halogens is 4. The van der Waals surface area contributed by atoms with Gasteiger partial charge in [0.05, 0.1) is 28.2 Å². The summed E-state index contributed by atoms with van der Waals surface area (Å²) in [5.41, 5.74) is 3.51. The first kappa shape index (κ1) is 35.0. The van der Waals surface area contributed by atoms with E-state index >= 15 is 0 Å². The second kappa shape index (κ2) is 16.2. The third-order valence-corrected chi connectivity index (χ3v) is 8.71. The van der Waals surface area contributed by atoms with Crippen LogP contribution in [0.5, 0.6) is 0 Å². The van der Waals surface area contributed by atoms with Crippen molar-refractivity contribution in [2.45, 2.75) is 38.1 Å². The zero-order valence-electron chi connectivity index (χ0n) is 25.3. The van der Waals surface area contributed by atoms with Crippen molar-refractivity contribution in [2.24, 2.45) is 0 Å². The predicted octanol–water partition coefficient (Wildman–Crippen LogP) is 7.06. The van der Waals surface area contributed by atoms with Crippen molar-refractivity contribution in [1.29, 1.82) is 0 Å². The summed E-state index contributed by atoms with van der Waals surface area (Å²) < 4.78 is 5.47. The van der Waals surface area contributed by atoms with E-state index in [4.69, 9.17) is 51.1 Å². The Morgan fingerprint density at radius 3 is 2.21 bits per heavy atom. The Bertz CT molecular complexity index is 1820. The maximum absolute atomic E-state index is 13.4. The molecule has 0 heterocycles. The SMILES string of the molecule is O=C(NC[C@H](NC(=O)c1c(Cl)cc(C(=O)NCc2cccc(Cl)c2)cc1Cl)C(=O)OCc1ccccc1)N[C@@H]1CCc2cc(Cl)ccc21. The highest BCUT2D eigenvalue weighted by molar-refractivity contribution is 6.40. The Labute approximate surface area is 297 Å². The monoisotopic (exact) mass is 726 g/mol. The van der Waals surface area contributed by atoms with Gasteiger partial charge in [-0.3, -0.25) is 9.59 Å². The first-order valence-electron chi connectivity index (χ1n) is 14.9. The number of ether oxygens (including phenoxy) is 1. The van der Waals surface area contributed by atoms with E-state index < -0.39 is 29.9 Å². The number of amides is 4. The molecule has 4 aromatic rings. The Balaban J connectivity index is 1.25. The van der Waals surface area contributed by atoms with E-state index in [0.29, 0.717) is 16.5 Å². The van der Waals surface area contributed by atoms with E-state index in [1.54, 1.807) is 48.5 Å². The zero-order chi connectivity index (χ0) is 34.2. The molecule has 4 aromatic carbocycles. The van der Waals surface area contributed by atoms with Crippen LogP contribution in [-0.2, 0) is 29.1 Å². The van der Waals surface area contributed by atoms with Gasteiger partial charge in [-0.25, -0.2) is 9.59 Å². The fraction of sp³-hybridized carbons (Fsp3) is 0.200. The number of benzene rings is 4. The van der Waals surface area contributed by atoms with Gasteiger partial charge in [0.1, 0.15) is 12.6 Å². The zero-order valence-corrected chi connectivity index (χ0v) is 28.3. The summed E-state index contributed by atoms with van der Waals surface area (Å²) in [7, 11) is 0. The standard InChI is InChI=1S/C35H30Cl4N4O5/c36-24-8-4-7-21(13-24)17-40-32(44)23-15-27(38)31(28(39)16-23)33(45)42-30(34(46)48-19-20-5-2-1-3-6-20)18-41-35(47)43-29-12-9-22-14-25(37)10-11-26(22)29/h1-8,10-11,13-16,29-30H,9,12,17-19H2,(H,40,44)(H,42,45)(H2,41,43,47)/t29-,30+/m1/s1. The number of nitrogens with one attached hydrogen (secondary N) is 4. The van der Waals surface area contributed by atoms with Gasteiger partial charge in [-0.2, -0.15) is 0 Å². The highest BCUT2D eigenvalue weighted by atomic mass is 35.5. The fourth-order valence-electron chi connectivity index (χ4n) is 5.25. The van der Waals surface area contributed by atoms with Crippen LogP contribution in [0.4, 0.5) is 4.79 Å². The van der Waals surface area contributed by atoms with Crippen LogP contribution < -0.4 is 21.3 Å². The lowest BCUT2D eigenvalue weighted by Crippen LogP contribution is -2.51. The van der Waals surface area contributed by atoms with E-state index in [1.165, 1.54) is 12.1 Å². The molecule has 4 amide bonds. The van der Waals surface area contributed by atoms with Gasteiger partial charge < -0.3 is 26.0 Å². The maximum atomic E-state index is 13.4. The first-order chi connectivity index (χ1) is 23.1. The van der Waals surface area contributed by atoms with Crippen molar-refractivity contribution in [3.05, 3.63) is 138 Å². The third-order valence-electron chi connectivity index (χ3n) is 7.64. The number of rotatable bonds is 11. The molecule has 0 saturated heterocycles. The van der Waals surface area contributed by atoms with Crippen molar-refractivity contribution >= 4 is 70.2 Å². The van der Waals surface area contributed by atoms with Crippen LogP contribution in [0.2, 0.25) is 20.1 Å². The van der Waals surface area contributed by atoms with Gasteiger partial charge in [0.2, 0.25) is 0 Å². The summed E-state index contributed by atoms with van der Waals surface area (Å²) in [5.74, 6) is -2.07. The molecule has 0 saturated carbocycles. The van der Waals surface area contributed by atoms with E-state index in [9.17, 15) is 19.2 Å². The van der Waals surface area contributed by atoms with Crippen LogP contribution in [0.25, 0.3) is 0 Å². The van der Waals surface area contributed by atoms with Crippen LogP contribution in [0.15, 0.2) is 84.9 Å². The smallest absolute Gasteiger partial charge is 0.330 e. The molecule has 248 valence electrons. The number of carbonyl (C=O) groups is 4. The van der Waals surface area contributed by atoms with Crippen molar-refractivity contribution in [2.75, 3.05) is 6.54 Å². The van der Waals surface area contributed by atoms with Crippen LogP contribution in [0.1, 0.15) is 55.4 Å². The largest absolute Gasteiger partial charge is 0.459 e. The van der Waals surface area contributed by atoms with Crippen molar-refractivity contribution in [1.82, 2.24) is 21.3 Å². The van der Waals surface area contributed by atoms with Crippen molar-refractivity contribution in [3.63, 3.8) is 0 Å². The minimum atomic E-state index is -1.31. The van der Waals surface area contributed by atoms with Gasteiger partial charge in [-0.05, 0) is 71.5 Å². The summed E-state index contributed by atoms with van der Waals surface area (Å²) in [6.07, 6.45) is 1.45. The molecule has 0 aromatic heterocycles. The second-order valence-corrected chi connectivity index (χ2v) is 12.7. The molecular formula is C35H30Cl4N4O5. The lowest BCUT2D eigenvalue weighted by molar-refractivity contribution is -0.147. The van der Waals surface area contributed by atoms with Crippen LogP contribution in [0, 0.1) is 0 Å². The summed E-state index contributed by atoms with van der Waals surface area (Å²) in [6, 6.07) is 22.0. The van der Waals surface area contributed by atoms with Gasteiger partial charge in [-0.15, -0.1) is 0 Å². The number of hydrogen-bond acceptors (Lipinski definition) is 5. The third kappa shape index (κ3) is 9.20. The summed E-state index contributed by atoms with van der Waals surface area (Å²) in [5, 5.41) is 11.8. The Morgan fingerprint density at radius 2 is 1.48 bits per heavy atom. The average Bonchev–Trinajstić information content (AvgIpc) is 3.45. The van der Waals surface area contributed by atoms with Gasteiger partial charge in [0.25, 0.3) is 11.8 Å². The van der Waals surface area contributed by atoms with Crippen LogP contribution in [-0.4, -0.2) is 36.4 Å². The molecule has 0 fully saturated rings. The van der Waals surface area contributed by atoms with E-state index in [0.717, 1.165) is 28.7 Å². The molecule has 48 heavy (non-hydrogen) atoms. The highest BCUT2D eigenvalue weighted by Crippen LogP contribution is 2.33. The van der Waals surface area contributed by atoms with Gasteiger partial charge in [-0.1, -0.05) is 94.9 Å². The molecule has 9 nitrogen and oxygen atoms in total. The molecule has 0 radical (unpaired) electrons. The number of aryl methyl sites for hydroxylation is 1. The molecule has 13 heteroatoms. The van der Waals surface area contributed by atoms with E-state index in [1.807, 2.05) is 24.3 Å². The minimum Gasteiger partial charge on any atom is -0.459 e.